The topological polar surface area (TPSA) is 41.6 Å². The summed E-state index contributed by atoms with van der Waals surface area (Å²) in [6.07, 6.45) is 5.29. The first-order valence-electron chi connectivity index (χ1n) is 8.36. The number of hydrogen-bond acceptors (Lipinski definition) is 2. The number of anilines is 1. The molecule has 1 fully saturated rings. The van der Waals surface area contributed by atoms with Crippen LogP contribution in [-0.2, 0) is 4.74 Å². The average Bonchev–Trinajstić information content (AvgIpc) is 2.51. The van der Waals surface area contributed by atoms with Crippen LogP contribution in [0.25, 0.3) is 0 Å². The molecule has 1 aromatic rings. The lowest BCUT2D eigenvalue weighted by Gasteiger charge is -2.36. The Labute approximate surface area is 144 Å². The standard InChI is InChI=1S/C18H27ClN2O2/c1-13-11-14(2)17(16(19)12-13)20-18(22)21-9-5-4-7-15(21)8-6-10-23-3/h11-12,15H,4-10H2,1-3H3,(H,20,22)/t15-/m0/s1. The van der Waals surface area contributed by atoms with Gasteiger partial charge in [0.2, 0.25) is 0 Å². The number of likely N-dealkylation sites (tertiary alicyclic amines) is 1. The number of carbonyl (C=O) groups excluding carboxylic acids is 1. The minimum absolute atomic E-state index is 0.0408. The fourth-order valence-electron chi connectivity index (χ4n) is 3.28. The van der Waals surface area contributed by atoms with E-state index in [2.05, 4.69) is 5.32 Å². The molecule has 1 aliphatic rings. The lowest BCUT2D eigenvalue weighted by atomic mass is 9.98. The Kier molecular flexibility index (Phi) is 6.72. The smallest absolute Gasteiger partial charge is 0.322 e. The molecule has 128 valence electrons. The number of amides is 2. The Bertz CT molecular complexity index is 525. The predicted molar refractivity (Wildman–Crippen MR) is 95.4 cm³/mol. The summed E-state index contributed by atoms with van der Waals surface area (Å²) in [6.45, 7) is 5.53. The molecular formula is C18H27ClN2O2. The Morgan fingerprint density at radius 2 is 2.17 bits per heavy atom. The Morgan fingerprint density at radius 1 is 1.39 bits per heavy atom. The summed E-state index contributed by atoms with van der Waals surface area (Å²) in [5.41, 5.74) is 2.82. The van der Waals surface area contributed by atoms with Crippen LogP contribution in [0.3, 0.4) is 0 Å². The van der Waals surface area contributed by atoms with Crippen LogP contribution >= 0.6 is 11.6 Å². The maximum Gasteiger partial charge on any atom is 0.322 e. The van der Waals surface area contributed by atoms with E-state index in [0.717, 1.165) is 55.6 Å². The Balaban J connectivity index is 2.05. The number of nitrogens with one attached hydrogen (secondary N) is 1. The van der Waals surface area contributed by atoms with E-state index in [1.165, 1.54) is 6.42 Å². The molecule has 0 radical (unpaired) electrons. The third-order valence-electron chi connectivity index (χ3n) is 4.44. The van der Waals surface area contributed by atoms with E-state index in [-0.39, 0.29) is 6.03 Å². The van der Waals surface area contributed by atoms with Gasteiger partial charge in [0, 0.05) is 26.3 Å². The van der Waals surface area contributed by atoms with Gasteiger partial charge in [-0.3, -0.25) is 0 Å². The number of benzene rings is 1. The molecule has 0 unspecified atom stereocenters. The normalized spacial score (nSPS) is 18.1. The number of carbonyl (C=O) groups is 1. The fourth-order valence-corrected chi connectivity index (χ4v) is 3.65. The zero-order valence-corrected chi connectivity index (χ0v) is 15.1. The molecule has 1 aromatic carbocycles. The van der Waals surface area contributed by atoms with E-state index in [1.54, 1.807) is 7.11 Å². The SMILES string of the molecule is COCCC[C@@H]1CCCCN1C(=O)Nc1c(C)cc(C)cc1Cl. The minimum atomic E-state index is -0.0408. The van der Waals surface area contributed by atoms with E-state index in [4.69, 9.17) is 16.3 Å². The number of methoxy groups -OCH3 is 1. The van der Waals surface area contributed by atoms with Gasteiger partial charge in [-0.25, -0.2) is 4.79 Å². The molecule has 5 heteroatoms. The number of piperidine rings is 1. The molecule has 4 nitrogen and oxygen atoms in total. The van der Waals surface area contributed by atoms with Gasteiger partial charge in [0.25, 0.3) is 0 Å². The summed E-state index contributed by atoms with van der Waals surface area (Å²) in [5.74, 6) is 0. The number of hydrogen-bond donors (Lipinski definition) is 1. The average molecular weight is 339 g/mol. The molecule has 2 amide bonds. The van der Waals surface area contributed by atoms with Crippen molar-refractivity contribution in [1.82, 2.24) is 4.90 Å². The maximum atomic E-state index is 12.7. The van der Waals surface area contributed by atoms with E-state index in [0.29, 0.717) is 11.1 Å². The molecular weight excluding hydrogens is 312 g/mol. The van der Waals surface area contributed by atoms with Crippen molar-refractivity contribution >= 4 is 23.3 Å². The molecule has 2 rings (SSSR count). The first-order chi connectivity index (χ1) is 11.0. The summed E-state index contributed by atoms with van der Waals surface area (Å²) in [5, 5.41) is 3.62. The van der Waals surface area contributed by atoms with Crippen molar-refractivity contribution in [2.24, 2.45) is 0 Å². The molecule has 0 spiro atoms. The van der Waals surface area contributed by atoms with Crippen molar-refractivity contribution in [3.63, 3.8) is 0 Å². The van der Waals surface area contributed by atoms with Crippen LogP contribution in [0.4, 0.5) is 10.5 Å². The Morgan fingerprint density at radius 3 is 2.87 bits per heavy atom. The van der Waals surface area contributed by atoms with Gasteiger partial charge in [0.15, 0.2) is 0 Å². The molecule has 1 heterocycles. The van der Waals surface area contributed by atoms with Gasteiger partial charge in [-0.05, 0) is 63.1 Å². The van der Waals surface area contributed by atoms with Gasteiger partial charge in [-0.15, -0.1) is 0 Å². The van der Waals surface area contributed by atoms with Crippen LogP contribution in [-0.4, -0.2) is 37.2 Å². The fraction of sp³-hybridized carbons (Fsp3) is 0.611. The highest BCUT2D eigenvalue weighted by atomic mass is 35.5. The first kappa shape index (κ1) is 18.1. The zero-order chi connectivity index (χ0) is 16.8. The van der Waals surface area contributed by atoms with Gasteiger partial charge in [-0.2, -0.15) is 0 Å². The van der Waals surface area contributed by atoms with Crippen molar-refractivity contribution < 1.29 is 9.53 Å². The second-order valence-electron chi connectivity index (χ2n) is 6.35. The highest BCUT2D eigenvalue weighted by Gasteiger charge is 2.27. The highest BCUT2D eigenvalue weighted by molar-refractivity contribution is 6.34. The summed E-state index contributed by atoms with van der Waals surface area (Å²) in [6, 6.07) is 4.17. The molecule has 0 aromatic heterocycles. The van der Waals surface area contributed by atoms with Crippen molar-refractivity contribution in [3.05, 3.63) is 28.3 Å². The second-order valence-corrected chi connectivity index (χ2v) is 6.75. The van der Waals surface area contributed by atoms with Crippen LogP contribution in [0, 0.1) is 13.8 Å². The van der Waals surface area contributed by atoms with Crippen molar-refractivity contribution in [1.29, 1.82) is 0 Å². The van der Waals surface area contributed by atoms with Gasteiger partial charge in [-0.1, -0.05) is 17.7 Å². The molecule has 1 aliphatic heterocycles. The lowest BCUT2D eigenvalue weighted by Crippen LogP contribution is -2.46. The van der Waals surface area contributed by atoms with Gasteiger partial charge >= 0.3 is 6.03 Å². The molecule has 0 bridgehead atoms. The number of halogens is 1. The number of rotatable bonds is 5. The molecule has 0 saturated carbocycles. The highest BCUT2D eigenvalue weighted by Crippen LogP contribution is 2.29. The minimum Gasteiger partial charge on any atom is -0.385 e. The van der Waals surface area contributed by atoms with Crippen molar-refractivity contribution in [2.75, 3.05) is 25.6 Å². The van der Waals surface area contributed by atoms with E-state index >= 15 is 0 Å². The van der Waals surface area contributed by atoms with Gasteiger partial charge in [0.1, 0.15) is 0 Å². The summed E-state index contributed by atoms with van der Waals surface area (Å²) in [4.78, 5) is 14.7. The monoisotopic (exact) mass is 338 g/mol. The molecule has 0 aliphatic carbocycles. The third-order valence-corrected chi connectivity index (χ3v) is 4.74. The van der Waals surface area contributed by atoms with E-state index in [9.17, 15) is 4.79 Å². The molecule has 23 heavy (non-hydrogen) atoms. The number of urea groups is 1. The van der Waals surface area contributed by atoms with Crippen LogP contribution in [0.2, 0.25) is 5.02 Å². The predicted octanol–water partition coefficient (Wildman–Crippen LogP) is 4.77. The van der Waals surface area contributed by atoms with E-state index in [1.807, 2.05) is 30.9 Å². The lowest BCUT2D eigenvalue weighted by molar-refractivity contribution is 0.141. The largest absolute Gasteiger partial charge is 0.385 e. The third kappa shape index (κ3) is 4.85. The Hall–Kier alpha value is -1.26. The molecule has 1 N–H and O–H groups in total. The summed E-state index contributed by atoms with van der Waals surface area (Å²) < 4.78 is 5.13. The number of aryl methyl sites for hydroxylation is 2. The van der Waals surface area contributed by atoms with Crippen LogP contribution < -0.4 is 5.32 Å². The van der Waals surface area contributed by atoms with Crippen LogP contribution in [0.1, 0.15) is 43.2 Å². The van der Waals surface area contributed by atoms with Crippen LogP contribution in [0.15, 0.2) is 12.1 Å². The van der Waals surface area contributed by atoms with E-state index < -0.39 is 0 Å². The molecule has 1 atom stereocenters. The summed E-state index contributed by atoms with van der Waals surface area (Å²) in [7, 11) is 1.72. The van der Waals surface area contributed by atoms with Crippen LogP contribution in [0.5, 0.6) is 0 Å². The van der Waals surface area contributed by atoms with Crippen molar-refractivity contribution in [2.45, 2.75) is 52.0 Å². The number of ether oxygens (including phenoxy) is 1. The van der Waals surface area contributed by atoms with Gasteiger partial charge in [0.05, 0.1) is 10.7 Å². The molecule has 1 saturated heterocycles. The van der Waals surface area contributed by atoms with Crippen molar-refractivity contribution in [3.8, 4) is 0 Å². The number of nitrogens with zero attached hydrogens (tertiary/aromatic N) is 1. The quantitative estimate of drug-likeness (QED) is 0.786. The first-order valence-corrected chi connectivity index (χ1v) is 8.74. The van der Waals surface area contributed by atoms with Gasteiger partial charge < -0.3 is 15.0 Å². The second kappa shape index (κ2) is 8.55. The maximum absolute atomic E-state index is 12.7. The summed E-state index contributed by atoms with van der Waals surface area (Å²) >= 11 is 6.31. The zero-order valence-electron chi connectivity index (χ0n) is 14.3.